The molecule has 0 saturated carbocycles. The van der Waals surface area contributed by atoms with E-state index >= 15 is 0 Å². The first-order chi connectivity index (χ1) is 14.1. The first-order valence-electron chi connectivity index (χ1n) is 9.89. The number of anilines is 2. The summed E-state index contributed by atoms with van der Waals surface area (Å²) in [5.41, 5.74) is 2.77. The minimum Gasteiger partial charge on any atom is -0.369 e. The Kier molecular flexibility index (Phi) is 5.87. The molecule has 1 aromatic heterocycles. The van der Waals surface area contributed by atoms with Gasteiger partial charge in [0.05, 0.1) is 0 Å². The lowest BCUT2D eigenvalue weighted by Crippen LogP contribution is -2.48. The molecule has 1 aliphatic rings. The molecule has 29 heavy (non-hydrogen) atoms. The van der Waals surface area contributed by atoms with Gasteiger partial charge < -0.3 is 4.90 Å². The highest BCUT2D eigenvalue weighted by Crippen LogP contribution is 2.26. The molecule has 0 radical (unpaired) electrons. The van der Waals surface area contributed by atoms with E-state index in [4.69, 9.17) is 0 Å². The van der Waals surface area contributed by atoms with Crippen molar-refractivity contribution in [2.24, 2.45) is 0 Å². The molecule has 1 aliphatic heterocycles. The maximum atomic E-state index is 12.6. The maximum Gasteiger partial charge on any atom is 0.257 e. The van der Waals surface area contributed by atoms with Crippen molar-refractivity contribution in [3.63, 3.8) is 0 Å². The van der Waals surface area contributed by atoms with Crippen LogP contribution in [0.3, 0.4) is 0 Å². The predicted molar refractivity (Wildman–Crippen MR) is 119 cm³/mol. The Morgan fingerprint density at radius 2 is 1.66 bits per heavy atom. The standard InChI is InChI=1S/C22H25N5OS/c1-16(2)26-12-14-27(15-13-26)19-10-8-17(9-11-19)20(28)23-22-25-24-21(29-22)18-6-4-3-5-7-18/h3-11,16H,12-15H2,1-2H3,(H,23,25,28). The van der Waals surface area contributed by atoms with Gasteiger partial charge in [0, 0.05) is 49.0 Å². The van der Waals surface area contributed by atoms with Crippen molar-refractivity contribution in [2.75, 3.05) is 36.4 Å². The molecule has 3 aromatic rings. The van der Waals surface area contributed by atoms with E-state index in [2.05, 4.69) is 39.2 Å². The molecule has 0 atom stereocenters. The maximum absolute atomic E-state index is 12.6. The molecule has 0 unspecified atom stereocenters. The third kappa shape index (κ3) is 4.63. The average Bonchev–Trinajstić information content (AvgIpc) is 3.23. The lowest BCUT2D eigenvalue weighted by molar-refractivity contribution is 0.102. The van der Waals surface area contributed by atoms with Gasteiger partial charge in [-0.2, -0.15) is 0 Å². The number of amides is 1. The van der Waals surface area contributed by atoms with Crippen molar-refractivity contribution < 1.29 is 4.79 Å². The van der Waals surface area contributed by atoms with Gasteiger partial charge in [-0.1, -0.05) is 41.7 Å². The summed E-state index contributed by atoms with van der Waals surface area (Å²) in [6.07, 6.45) is 0. The van der Waals surface area contributed by atoms with Crippen molar-refractivity contribution >= 4 is 28.1 Å². The van der Waals surface area contributed by atoms with Gasteiger partial charge in [-0.15, -0.1) is 10.2 Å². The fourth-order valence-electron chi connectivity index (χ4n) is 3.46. The third-order valence-electron chi connectivity index (χ3n) is 5.21. The van der Waals surface area contributed by atoms with E-state index in [0.29, 0.717) is 16.7 Å². The Labute approximate surface area is 175 Å². The van der Waals surface area contributed by atoms with Gasteiger partial charge in [-0.3, -0.25) is 15.0 Å². The van der Waals surface area contributed by atoms with Gasteiger partial charge >= 0.3 is 0 Å². The number of benzene rings is 2. The van der Waals surface area contributed by atoms with Gasteiger partial charge in [0.15, 0.2) is 0 Å². The molecule has 0 spiro atoms. The van der Waals surface area contributed by atoms with Crippen LogP contribution in [0.5, 0.6) is 0 Å². The van der Waals surface area contributed by atoms with Crippen molar-refractivity contribution in [2.45, 2.75) is 19.9 Å². The minimum atomic E-state index is -0.170. The van der Waals surface area contributed by atoms with Crippen molar-refractivity contribution in [3.05, 3.63) is 60.2 Å². The number of carbonyl (C=O) groups is 1. The summed E-state index contributed by atoms with van der Waals surface area (Å²) >= 11 is 1.37. The SMILES string of the molecule is CC(C)N1CCN(c2ccc(C(=O)Nc3nnc(-c4ccccc4)s3)cc2)CC1. The second-order valence-corrected chi connectivity index (χ2v) is 8.37. The number of aromatic nitrogens is 2. The first-order valence-corrected chi connectivity index (χ1v) is 10.7. The largest absolute Gasteiger partial charge is 0.369 e. The predicted octanol–water partition coefficient (Wildman–Crippen LogP) is 3.99. The number of nitrogens with one attached hydrogen (secondary N) is 1. The normalized spacial score (nSPS) is 14.9. The van der Waals surface area contributed by atoms with E-state index in [1.807, 2.05) is 54.6 Å². The third-order valence-corrected chi connectivity index (χ3v) is 6.09. The second-order valence-electron chi connectivity index (χ2n) is 7.40. The van der Waals surface area contributed by atoms with Crippen LogP contribution in [0.4, 0.5) is 10.8 Å². The van der Waals surface area contributed by atoms with Crippen LogP contribution in [0.25, 0.3) is 10.6 Å². The van der Waals surface area contributed by atoms with E-state index in [-0.39, 0.29) is 5.91 Å². The van der Waals surface area contributed by atoms with Crippen LogP contribution in [0.15, 0.2) is 54.6 Å². The van der Waals surface area contributed by atoms with E-state index < -0.39 is 0 Å². The molecule has 1 fully saturated rings. The Balaban J connectivity index is 1.37. The number of piperazine rings is 1. The molecule has 150 valence electrons. The average molecular weight is 408 g/mol. The lowest BCUT2D eigenvalue weighted by atomic mass is 10.1. The Morgan fingerprint density at radius 3 is 2.31 bits per heavy atom. The summed E-state index contributed by atoms with van der Waals surface area (Å²) in [6.45, 7) is 8.64. The monoisotopic (exact) mass is 407 g/mol. The molecule has 1 saturated heterocycles. The number of hydrogen-bond donors (Lipinski definition) is 1. The molecule has 7 heteroatoms. The summed E-state index contributed by atoms with van der Waals surface area (Å²) in [6, 6.07) is 18.2. The van der Waals surface area contributed by atoms with E-state index in [1.165, 1.54) is 11.3 Å². The summed E-state index contributed by atoms with van der Waals surface area (Å²) in [5.74, 6) is -0.170. The van der Waals surface area contributed by atoms with Gasteiger partial charge in [-0.25, -0.2) is 0 Å². The smallest absolute Gasteiger partial charge is 0.257 e. The highest BCUT2D eigenvalue weighted by molar-refractivity contribution is 7.18. The molecule has 2 heterocycles. The summed E-state index contributed by atoms with van der Waals surface area (Å²) in [5, 5.41) is 12.4. The van der Waals surface area contributed by atoms with E-state index in [9.17, 15) is 4.79 Å². The number of hydrogen-bond acceptors (Lipinski definition) is 6. The first kappa shape index (κ1) is 19.5. The Bertz CT molecular complexity index is 947. The molecule has 1 N–H and O–H groups in total. The zero-order valence-corrected chi connectivity index (χ0v) is 17.5. The van der Waals surface area contributed by atoms with Gasteiger partial charge in [0.1, 0.15) is 5.01 Å². The van der Waals surface area contributed by atoms with Crippen LogP contribution in [0, 0.1) is 0 Å². The van der Waals surface area contributed by atoms with Crippen LogP contribution in [-0.4, -0.2) is 53.2 Å². The van der Waals surface area contributed by atoms with Crippen LogP contribution in [0.1, 0.15) is 24.2 Å². The van der Waals surface area contributed by atoms with Crippen LogP contribution < -0.4 is 10.2 Å². The molecule has 0 bridgehead atoms. The number of rotatable bonds is 5. The zero-order valence-electron chi connectivity index (χ0n) is 16.7. The van der Waals surface area contributed by atoms with Gasteiger partial charge in [-0.05, 0) is 38.1 Å². The molecule has 1 amide bonds. The van der Waals surface area contributed by atoms with E-state index in [1.54, 1.807) is 0 Å². The van der Waals surface area contributed by atoms with Crippen LogP contribution >= 0.6 is 11.3 Å². The molecular weight excluding hydrogens is 382 g/mol. The molecule has 6 nitrogen and oxygen atoms in total. The summed E-state index contributed by atoms with van der Waals surface area (Å²) < 4.78 is 0. The van der Waals surface area contributed by atoms with Crippen molar-refractivity contribution in [3.8, 4) is 10.6 Å². The quantitative estimate of drug-likeness (QED) is 0.693. The zero-order chi connectivity index (χ0) is 20.2. The number of carbonyl (C=O) groups excluding carboxylic acids is 1. The highest BCUT2D eigenvalue weighted by atomic mass is 32.1. The topological polar surface area (TPSA) is 61.4 Å². The number of nitrogens with zero attached hydrogens (tertiary/aromatic N) is 4. The van der Waals surface area contributed by atoms with Crippen LogP contribution in [0.2, 0.25) is 0 Å². The van der Waals surface area contributed by atoms with Crippen molar-refractivity contribution in [1.29, 1.82) is 0 Å². The summed E-state index contributed by atoms with van der Waals surface area (Å²) in [7, 11) is 0. The molecule has 0 aliphatic carbocycles. The summed E-state index contributed by atoms with van der Waals surface area (Å²) in [4.78, 5) is 17.4. The van der Waals surface area contributed by atoms with Crippen LogP contribution in [-0.2, 0) is 0 Å². The fraction of sp³-hybridized carbons (Fsp3) is 0.318. The lowest BCUT2D eigenvalue weighted by Gasteiger charge is -2.38. The van der Waals surface area contributed by atoms with Gasteiger partial charge in [0.25, 0.3) is 5.91 Å². The molecule has 2 aromatic carbocycles. The highest BCUT2D eigenvalue weighted by Gasteiger charge is 2.19. The van der Waals surface area contributed by atoms with E-state index in [0.717, 1.165) is 42.4 Å². The van der Waals surface area contributed by atoms with Crippen molar-refractivity contribution in [1.82, 2.24) is 15.1 Å². The minimum absolute atomic E-state index is 0.170. The fourth-order valence-corrected chi connectivity index (χ4v) is 4.20. The Hall–Kier alpha value is -2.77. The second kappa shape index (κ2) is 8.71. The molecular formula is C22H25N5OS. The molecule has 4 rings (SSSR count). The Morgan fingerprint density at radius 1 is 0.966 bits per heavy atom. The van der Waals surface area contributed by atoms with Gasteiger partial charge in [0.2, 0.25) is 5.13 Å².